The van der Waals surface area contributed by atoms with Crippen LogP contribution in [0.3, 0.4) is 0 Å². The molecule has 5 nitrogen and oxygen atoms in total. The van der Waals surface area contributed by atoms with E-state index in [1.807, 2.05) is 30.5 Å². The minimum atomic E-state index is 0.0713. The molecule has 1 N–H and O–H groups in total. The Morgan fingerprint density at radius 1 is 0.968 bits per heavy atom. The monoisotopic (exact) mass is 476 g/mol. The Balaban J connectivity index is 1.66. The van der Waals surface area contributed by atoms with Gasteiger partial charge in [0, 0.05) is 39.6 Å². The van der Waals surface area contributed by atoms with Crippen molar-refractivity contribution in [2.45, 2.75) is 32.6 Å². The number of anilines is 2. The third-order valence-corrected chi connectivity index (χ3v) is 5.84. The lowest BCUT2D eigenvalue weighted by Gasteiger charge is -2.21. The van der Waals surface area contributed by atoms with Gasteiger partial charge in [-0.15, -0.1) is 5.10 Å². The van der Waals surface area contributed by atoms with Gasteiger partial charge in [0.05, 0.1) is 12.8 Å². The molecule has 0 radical (unpaired) electrons. The topological polar surface area (TPSA) is 59.9 Å². The van der Waals surface area contributed by atoms with Crippen molar-refractivity contribution in [2.24, 2.45) is 0 Å². The number of halogens is 1. The van der Waals surface area contributed by atoms with E-state index in [0.717, 1.165) is 38.0 Å². The van der Waals surface area contributed by atoms with Gasteiger partial charge in [-0.3, -0.25) is 0 Å². The molecule has 0 bridgehead atoms. The van der Waals surface area contributed by atoms with Crippen molar-refractivity contribution in [3.63, 3.8) is 0 Å². The predicted molar refractivity (Wildman–Crippen MR) is 129 cm³/mol. The number of nitrogens with zero attached hydrogens (tertiary/aromatic N) is 3. The molecule has 0 aliphatic carbocycles. The van der Waals surface area contributed by atoms with Crippen molar-refractivity contribution >= 4 is 38.2 Å². The van der Waals surface area contributed by atoms with E-state index < -0.39 is 0 Å². The largest absolute Gasteiger partial charge is 0.481 e. The normalized spacial score (nSPS) is 11.5. The third kappa shape index (κ3) is 4.69. The van der Waals surface area contributed by atoms with Crippen LogP contribution in [0.4, 0.5) is 11.5 Å². The Bertz CT molecular complexity index is 1220. The Kier molecular flexibility index (Phi) is 5.92. The number of ether oxygens (including phenoxy) is 1. The molecular formula is C25H25BrN4O. The highest BCUT2D eigenvalue weighted by atomic mass is 79.9. The first-order valence-electron chi connectivity index (χ1n) is 10.2. The molecule has 4 aromatic rings. The third-order valence-electron chi connectivity index (χ3n) is 5.18. The minimum Gasteiger partial charge on any atom is -0.481 e. The van der Waals surface area contributed by atoms with Crippen molar-refractivity contribution in [2.75, 3.05) is 12.4 Å². The van der Waals surface area contributed by atoms with Gasteiger partial charge in [-0.05, 0) is 28.7 Å². The molecule has 0 atom stereocenters. The molecule has 2 aromatic carbocycles. The van der Waals surface area contributed by atoms with E-state index in [1.54, 1.807) is 7.11 Å². The van der Waals surface area contributed by atoms with E-state index in [-0.39, 0.29) is 5.41 Å². The molecule has 0 aliphatic heterocycles. The van der Waals surface area contributed by atoms with Crippen LogP contribution < -0.4 is 10.1 Å². The van der Waals surface area contributed by atoms with Gasteiger partial charge in [0.15, 0.2) is 5.82 Å². The van der Waals surface area contributed by atoms with Gasteiger partial charge in [0.2, 0.25) is 5.88 Å². The zero-order chi connectivity index (χ0) is 22.0. The van der Waals surface area contributed by atoms with E-state index in [9.17, 15) is 0 Å². The smallest absolute Gasteiger partial charge is 0.212 e. The van der Waals surface area contributed by atoms with E-state index in [2.05, 4.69) is 87.5 Å². The van der Waals surface area contributed by atoms with Gasteiger partial charge in [-0.1, -0.05) is 73.1 Å². The van der Waals surface area contributed by atoms with Gasteiger partial charge < -0.3 is 10.1 Å². The molecule has 31 heavy (non-hydrogen) atoms. The lowest BCUT2D eigenvalue weighted by Crippen LogP contribution is -2.12. The van der Waals surface area contributed by atoms with Crippen LogP contribution in [0.1, 0.15) is 37.6 Å². The zero-order valence-electron chi connectivity index (χ0n) is 18.1. The molecule has 158 valence electrons. The SMILES string of the molecule is COc1ccc(Cc2nnc(Nc3ccc(C(C)(C)C)c(Br)c3)c3ccccc23)cn1. The van der Waals surface area contributed by atoms with Gasteiger partial charge in [-0.25, -0.2) is 4.98 Å². The second kappa shape index (κ2) is 8.63. The number of fused-ring (bicyclic) bond motifs is 1. The minimum absolute atomic E-state index is 0.0713. The van der Waals surface area contributed by atoms with Crippen molar-refractivity contribution < 1.29 is 4.74 Å². The van der Waals surface area contributed by atoms with Crippen LogP contribution in [0, 0.1) is 0 Å². The van der Waals surface area contributed by atoms with E-state index in [0.29, 0.717) is 12.3 Å². The van der Waals surface area contributed by atoms with Crippen LogP contribution in [0.5, 0.6) is 5.88 Å². The zero-order valence-corrected chi connectivity index (χ0v) is 19.7. The van der Waals surface area contributed by atoms with E-state index in [4.69, 9.17) is 4.74 Å². The van der Waals surface area contributed by atoms with Crippen molar-refractivity contribution in [3.05, 3.63) is 82.1 Å². The highest BCUT2D eigenvalue weighted by Crippen LogP contribution is 2.33. The molecule has 6 heteroatoms. The first-order valence-corrected chi connectivity index (χ1v) is 10.9. The van der Waals surface area contributed by atoms with Gasteiger partial charge in [0.1, 0.15) is 0 Å². The Morgan fingerprint density at radius 3 is 2.39 bits per heavy atom. The van der Waals surface area contributed by atoms with Crippen LogP contribution >= 0.6 is 15.9 Å². The molecule has 0 unspecified atom stereocenters. The number of benzene rings is 2. The van der Waals surface area contributed by atoms with Gasteiger partial charge in [-0.2, -0.15) is 5.10 Å². The fraction of sp³-hybridized carbons (Fsp3) is 0.240. The second-order valence-corrected chi connectivity index (χ2v) is 9.35. The average molecular weight is 477 g/mol. The molecule has 0 aliphatic rings. The number of rotatable bonds is 5. The summed E-state index contributed by atoms with van der Waals surface area (Å²) in [5.41, 5.74) is 4.27. The Hall–Kier alpha value is -2.99. The highest BCUT2D eigenvalue weighted by Gasteiger charge is 2.17. The van der Waals surface area contributed by atoms with Gasteiger partial charge in [0.25, 0.3) is 0 Å². The van der Waals surface area contributed by atoms with Crippen LogP contribution in [-0.4, -0.2) is 22.3 Å². The van der Waals surface area contributed by atoms with Crippen LogP contribution in [-0.2, 0) is 11.8 Å². The number of pyridine rings is 1. The van der Waals surface area contributed by atoms with E-state index >= 15 is 0 Å². The number of aromatic nitrogens is 3. The summed E-state index contributed by atoms with van der Waals surface area (Å²) in [5, 5.41) is 14.6. The average Bonchev–Trinajstić information content (AvgIpc) is 2.75. The van der Waals surface area contributed by atoms with Crippen molar-refractivity contribution in [3.8, 4) is 5.88 Å². The maximum absolute atomic E-state index is 5.15. The van der Waals surface area contributed by atoms with Crippen LogP contribution in [0.15, 0.2) is 65.3 Å². The molecule has 0 fully saturated rings. The van der Waals surface area contributed by atoms with Crippen molar-refractivity contribution in [1.29, 1.82) is 0 Å². The number of methoxy groups -OCH3 is 1. The molecule has 2 aromatic heterocycles. The summed E-state index contributed by atoms with van der Waals surface area (Å²) in [6.07, 6.45) is 2.46. The Morgan fingerprint density at radius 2 is 1.74 bits per heavy atom. The van der Waals surface area contributed by atoms with Crippen molar-refractivity contribution in [1.82, 2.24) is 15.2 Å². The summed E-state index contributed by atoms with van der Waals surface area (Å²) in [5.74, 6) is 1.34. The molecule has 0 amide bonds. The summed E-state index contributed by atoms with van der Waals surface area (Å²) >= 11 is 3.71. The summed E-state index contributed by atoms with van der Waals surface area (Å²) in [7, 11) is 1.61. The standard InChI is InChI=1S/C25H25BrN4O/c1-25(2,3)20-11-10-17(14-21(20)26)28-24-19-8-6-5-7-18(19)22(29-30-24)13-16-9-12-23(31-4)27-15-16/h5-12,14-15H,13H2,1-4H3,(H,28,30). The number of hydrogen-bond acceptors (Lipinski definition) is 5. The summed E-state index contributed by atoms with van der Waals surface area (Å²) in [6.45, 7) is 6.61. The fourth-order valence-corrected chi connectivity index (χ4v) is 4.52. The molecule has 0 spiro atoms. The number of nitrogens with one attached hydrogen (secondary N) is 1. The molecule has 0 saturated carbocycles. The lowest BCUT2D eigenvalue weighted by molar-refractivity contribution is 0.397. The predicted octanol–water partition coefficient (Wildman–Crippen LogP) is 6.43. The molecule has 4 rings (SSSR count). The molecular weight excluding hydrogens is 452 g/mol. The summed E-state index contributed by atoms with van der Waals surface area (Å²) < 4.78 is 6.22. The Labute approximate surface area is 191 Å². The maximum Gasteiger partial charge on any atom is 0.212 e. The first kappa shape index (κ1) is 21.2. The summed E-state index contributed by atoms with van der Waals surface area (Å²) in [6, 6.07) is 18.4. The second-order valence-electron chi connectivity index (χ2n) is 8.50. The first-order chi connectivity index (χ1) is 14.8. The molecule has 0 saturated heterocycles. The van der Waals surface area contributed by atoms with Gasteiger partial charge >= 0.3 is 0 Å². The van der Waals surface area contributed by atoms with Crippen LogP contribution in [0.25, 0.3) is 10.8 Å². The van der Waals surface area contributed by atoms with Crippen LogP contribution in [0.2, 0.25) is 0 Å². The highest BCUT2D eigenvalue weighted by molar-refractivity contribution is 9.10. The van der Waals surface area contributed by atoms with E-state index in [1.165, 1.54) is 5.56 Å². The maximum atomic E-state index is 5.15. The fourth-order valence-electron chi connectivity index (χ4n) is 3.55. The summed E-state index contributed by atoms with van der Waals surface area (Å²) in [4.78, 5) is 4.29. The molecule has 2 heterocycles. The lowest BCUT2D eigenvalue weighted by atomic mass is 9.87. The quantitative estimate of drug-likeness (QED) is 0.359. The number of hydrogen-bond donors (Lipinski definition) is 1.